The molecule has 0 fully saturated rings. The van der Waals surface area contributed by atoms with E-state index in [9.17, 15) is 17.3 Å². The van der Waals surface area contributed by atoms with Crippen LogP contribution in [0.25, 0.3) is 0 Å². The van der Waals surface area contributed by atoms with Crippen LogP contribution in [-0.4, -0.2) is 18.9 Å². The summed E-state index contributed by atoms with van der Waals surface area (Å²) in [5, 5.41) is 4.56. The van der Waals surface area contributed by atoms with Crippen LogP contribution in [0.2, 0.25) is 0 Å². The third-order valence-electron chi connectivity index (χ3n) is 4.71. The van der Waals surface area contributed by atoms with Crippen LogP contribution in [0.15, 0.2) is 91.0 Å². The normalized spacial score (nSPS) is 11.6. The number of unbranched alkanes of at least 4 members (excludes halogenated alkanes) is 1. The van der Waals surface area contributed by atoms with E-state index >= 15 is 0 Å². The van der Waals surface area contributed by atoms with Crippen molar-refractivity contribution < 1.29 is 22.7 Å². The van der Waals surface area contributed by atoms with Crippen LogP contribution in [-0.2, 0) is 0 Å². The number of hydrogen-bond acceptors (Lipinski definition) is 0. The fraction of sp³-hybridized carbons (Fsp3) is 0.182. The molecule has 0 unspecified atom stereocenters. The van der Waals surface area contributed by atoms with Gasteiger partial charge in [0.05, 0.1) is 0 Å². The quantitative estimate of drug-likeness (QED) is 0.303. The van der Waals surface area contributed by atoms with Crippen LogP contribution < -0.4 is 15.9 Å². The Morgan fingerprint density at radius 2 is 0.897 bits per heavy atom. The Kier molecular flexibility index (Phi) is 10.1. The van der Waals surface area contributed by atoms with E-state index in [4.69, 9.17) is 0 Å². The van der Waals surface area contributed by atoms with Gasteiger partial charge in [-0.05, 0) is 0 Å². The van der Waals surface area contributed by atoms with Crippen LogP contribution in [0.4, 0.5) is 17.3 Å². The maximum Gasteiger partial charge on any atom is 0.673 e. The average molecular weight is 425 g/mol. The molecule has 158 valence electrons. The molecule has 0 bridgehead atoms. The predicted octanol–water partition coefficient (Wildman–Crippen LogP) is 4.99. The Labute approximate surface area is 170 Å². The molecular formula is C22H27BF4OP-. The first-order chi connectivity index (χ1) is 13.4. The fourth-order valence-electron chi connectivity index (χ4n) is 3.54. The predicted molar refractivity (Wildman–Crippen MR) is 120 cm³/mol. The van der Waals surface area contributed by atoms with Crippen LogP contribution in [0.3, 0.4) is 0 Å². The van der Waals surface area contributed by atoms with Gasteiger partial charge in [-0.25, -0.2) is 0 Å². The van der Waals surface area contributed by atoms with Gasteiger partial charge in [0, 0.05) is 0 Å². The van der Waals surface area contributed by atoms with Crippen LogP contribution >= 0.6 is 7.26 Å². The van der Waals surface area contributed by atoms with Crippen molar-refractivity contribution in [3.63, 3.8) is 0 Å². The molecule has 0 heterocycles. The summed E-state index contributed by atoms with van der Waals surface area (Å²) < 4.78 is 39.0. The molecule has 3 rings (SSSR count). The third-order valence-corrected chi connectivity index (χ3v) is 9.77. The molecule has 0 radical (unpaired) electrons. The first-order valence-electron chi connectivity index (χ1n) is 9.42. The molecule has 0 amide bonds. The van der Waals surface area contributed by atoms with E-state index in [1.807, 2.05) is 0 Å². The molecule has 0 aliphatic heterocycles. The Morgan fingerprint density at radius 1 is 0.621 bits per heavy atom. The van der Waals surface area contributed by atoms with Crippen molar-refractivity contribution in [2.75, 3.05) is 6.16 Å². The number of hydrogen-bond donors (Lipinski definition) is 0. The standard InChI is InChI=1S/C22H25P.BF4.H2O/c1-2-3-19-23(20-13-7-4-8-14-20,21-15-9-5-10-16-21)22-17-11-6-12-18-22;2-1(3,4)5;/h4-18,23H,2-3,19H2,1H3;;1H2/q;-1;. The van der Waals surface area contributed by atoms with Gasteiger partial charge in [0.25, 0.3) is 0 Å². The van der Waals surface area contributed by atoms with Gasteiger partial charge in [-0.15, -0.1) is 0 Å². The summed E-state index contributed by atoms with van der Waals surface area (Å²) in [4.78, 5) is 0. The summed E-state index contributed by atoms with van der Waals surface area (Å²) in [7, 11) is -7.94. The zero-order valence-corrected chi connectivity index (χ0v) is 17.4. The largest absolute Gasteiger partial charge is 0.673 e. The van der Waals surface area contributed by atoms with Crippen molar-refractivity contribution in [3.8, 4) is 0 Å². The smallest absolute Gasteiger partial charge is 0.418 e. The van der Waals surface area contributed by atoms with Crippen molar-refractivity contribution in [1.29, 1.82) is 0 Å². The molecule has 0 atom stereocenters. The van der Waals surface area contributed by atoms with Crippen LogP contribution in [0, 0.1) is 0 Å². The Hall–Kier alpha value is -2.17. The second-order valence-corrected chi connectivity index (χ2v) is 10.6. The van der Waals surface area contributed by atoms with Crippen molar-refractivity contribution >= 4 is 30.4 Å². The minimum Gasteiger partial charge on any atom is -0.418 e. The third kappa shape index (κ3) is 7.30. The Bertz CT molecular complexity index is 712. The summed E-state index contributed by atoms with van der Waals surface area (Å²) >= 11 is 0. The van der Waals surface area contributed by atoms with Crippen molar-refractivity contribution in [3.05, 3.63) is 91.0 Å². The fourth-order valence-corrected chi connectivity index (χ4v) is 8.58. The molecule has 7 heteroatoms. The molecular weight excluding hydrogens is 398 g/mol. The van der Waals surface area contributed by atoms with Gasteiger partial charge in [-0.1, -0.05) is 0 Å². The average Bonchev–Trinajstić information content (AvgIpc) is 2.70. The van der Waals surface area contributed by atoms with Crippen LogP contribution in [0.1, 0.15) is 19.8 Å². The van der Waals surface area contributed by atoms with E-state index in [-0.39, 0.29) is 5.48 Å². The van der Waals surface area contributed by atoms with Crippen LogP contribution in [0.5, 0.6) is 0 Å². The molecule has 2 N–H and O–H groups in total. The zero-order valence-electron chi connectivity index (χ0n) is 16.4. The number of rotatable bonds is 6. The molecule has 1 nitrogen and oxygen atoms in total. The van der Waals surface area contributed by atoms with E-state index in [0.29, 0.717) is 0 Å². The molecule has 29 heavy (non-hydrogen) atoms. The molecule has 0 aliphatic carbocycles. The van der Waals surface area contributed by atoms with E-state index < -0.39 is 14.5 Å². The minimum absolute atomic E-state index is 0. The van der Waals surface area contributed by atoms with E-state index in [2.05, 4.69) is 97.9 Å². The van der Waals surface area contributed by atoms with Crippen molar-refractivity contribution in [1.82, 2.24) is 0 Å². The first-order valence-corrected chi connectivity index (χ1v) is 11.6. The summed E-state index contributed by atoms with van der Waals surface area (Å²) in [5.74, 6) is 0. The molecule has 3 aromatic rings. The zero-order chi connectivity index (χ0) is 20.5. The summed E-state index contributed by atoms with van der Waals surface area (Å²) in [6.07, 6.45) is 3.77. The second-order valence-electron chi connectivity index (χ2n) is 6.60. The SMILES string of the molecule is CCCC[PH](c1ccccc1)(c1ccccc1)c1ccccc1.F[B-](F)(F)F.O. The molecule has 0 aromatic heterocycles. The van der Waals surface area contributed by atoms with Gasteiger partial charge in [-0.3, -0.25) is 0 Å². The van der Waals surface area contributed by atoms with Gasteiger partial charge >= 0.3 is 147 Å². The number of halogens is 4. The summed E-state index contributed by atoms with van der Waals surface area (Å²) in [6, 6.07) is 33.5. The van der Waals surface area contributed by atoms with Gasteiger partial charge in [0.15, 0.2) is 0 Å². The maximum absolute atomic E-state index is 9.75. The van der Waals surface area contributed by atoms with Gasteiger partial charge in [0.1, 0.15) is 0 Å². The first kappa shape index (κ1) is 24.9. The molecule has 0 aliphatic rings. The second kappa shape index (κ2) is 11.7. The summed E-state index contributed by atoms with van der Waals surface area (Å²) in [6.45, 7) is 2.29. The molecule has 0 spiro atoms. The minimum atomic E-state index is -6.00. The van der Waals surface area contributed by atoms with E-state index in [1.54, 1.807) is 0 Å². The Morgan fingerprint density at radius 3 is 1.14 bits per heavy atom. The topological polar surface area (TPSA) is 31.5 Å². The van der Waals surface area contributed by atoms with Crippen molar-refractivity contribution in [2.24, 2.45) is 0 Å². The monoisotopic (exact) mass is 425 g/mol. The van der Waals surface area contributed by atoms with E-state index in [1.165, 1.54) is 34.9 Å². The van der Waals surface area contributed by atoms with Gasteiger partial charge in [-0.2, -0.15) is 0 Å². The van der Waals surface area contributed by atoms with E-state index in [0.717, 1.165) is 0 Å². The van der Waals surface area contributed by atoms with Gasteiger partial charge in [0.2, 0.25) is 0 Å². The Balaban J connectivity index is 0.000000628. The van der Waals surface area contributed by atoms with Gasteiger partial charge < -0.3 is 22.7 Å². The van der Waals surface area contributed by atoms with Crippen molar-refractivity contribution in [2.45, 2.75) is 19.8 Å². The molecule has 0 saturated heterocycles. The summed E-state index contributed by atoms with van der Waals surface area (Å²) in [5.41, 5.74) is 0. The molecule has 3 aromatic carbocycles. The molecule has 0 saturated carbocycles. The maximum atomic E-state index is 9.75. The number of benzene rings is 3.